The Kier molecular flexibility index (Phi) is 5.31. The molecule has 142 valence electrons. The van der Waals surface area contributed by atoms with Gasteiger partial charge < -0.3 is 10.0 Å². The Labute approximate surface area is 163 Å². The molecule has 0 amide bonds. The number of nitrogens with one attached hydrogen (secondary N) is 1. The van der Waals surface area contributed by atoms with E-state index in [1.807, 2.05) is 30.3 Å². The van der Waals surface area contributed by atoms with Crippen LogP contribution < -0.4 is 5.31 Å². The summed E-state index contributed by atoms with van der Waals surface area (Å²) >= 11 is 0. The van der Waals surface area contributed by atoms with Crippen molar-refractivity contribution >= 4 is 5.78 Å². The zero-order valence-electron chi connectivity index (χ0n) is 16.8. The lowest BCUT2D eigenvalue weighted by Gasteiger charge is -2.33. The molecular weight excluding hydrogens is 334 g/mol. The summed E-state index contributed by atoms with van der Waals surface area (Å²) in [6, 6.07) is 20.7. The van der Waals surface area contributed by atoms with Crippen LogP contribution in [0.5, 0.6) is 0 Å². The summed E-state index contributed by atoms with van der Waals surface area (Å²) in [6.45, 7) is 0.820. The molecule has 2 aromatic rings. The number of carbonyl (C=O) groups is 1. The number of rotatable bonds is 6. The third kappa shape index (κ3) is 4.31. The molecule has 4 rings (SSSR count). The molecule has 1 N–H and O–H groups in total. The highest BCUT2D eigenvalue weighted by Crippen LogP contribution is 2.34. The van der Waals surface area contributed by atoms with Crippen LogP contribution in [0.3, 0.4) is 0 Å². The number of hydrogen-bond donors (Lipinski definition) is 1. The molecule has 1 saturated heterocycles. The Hall–Kier alpha value is -1.97. The first-order chi connectivity index (χ1) is 13.7. The highest BCUT2D eigenvalue weighted by atomic mass is 16.5. The van der Waals surface area contributed by atoms with Crippen molar-refractivity contribution in [3.63, 3.8) is 0 Å². The minimum atomic E-state index is -0.836. The fraction of sp³-hybridized carbons (Fsp3) is 0.458. The lowest BCUT2D eigenvalue weighted by Crippen LogP contribution is -2.52. The van der Waals surface area contributed by atoms with Crippen LogP contribution in [0.1, 0.15) is 49.1 Å². The normalized spacial score (nSPS) is 29.6. The van der Waals surface area contributed by atoms with Gasteiger partial charge >= 0.3 is 0 Å². The van der Waals surface area contributed by atoms with Crippen LogP contribution in [-0.2, 0) is 16.0 Å². The lowest BCUT2D eigenvalue weighted by molar-refractivity contribution is -0.126. The van der Waals surface area contributed by atoms with E-state index in [2.05, 4.69) is 30.3 Å². The fourth-order valence-electron chi connectivity index (χ4n) is 4.50. The molecule has 0 spiro atoms. The first-order valence-corrected chi connectivity index (χ1v) is 10.2. The second-order valence-electron chi connectivity index (χ2n) is 7.94. The molecule has 0 bridgehead atoms. The van der Waals surface area contributed by atoms with Gasteiger partial charge in [-0.25, -0.2) is 0 Å². The Morgan fingerprint density at radius 1 is 1.00 bits per heavy atom. The van der Waals surface area contributed by atoms with E-state index < -0.39 is 5.54 Å². The van der Waals surface area contributed by atoms with Gasteiger partial charge in [-0.3, -0.25) is 4.79 Å². The van der Waals surface area contributed by atoms with E-state index in [9.17, 15) is 4.79 Å². The van der Waals surface area contributed by atoms with E-state index in [4.69, 9.17) is 6.15 Å². The van der Waals surface area contributed by atoms with Crippen molar-refractivity contribution in [2.75, 3.05) is 13.2 Å². The fourth-order valence-corrected chi connectivity index (χ4v) is 4.50. The highest BCUT2D eigenvalue weighted by Gasteiger charge is 2.42. The van der Waals surface area contributed by atoms with Crippen molar-refractivity contribution in [3.8, 4) is 0 Å². The van der Waals surface area contributed by atoms with Gasteiger partial charge in [-0.2, -0.15) is 0 Å². The Morgan fingerprint density at radius 3 is 2.30 bits per heavy atom. The smallest absolute Gasteiger partial charge is 0.156 e. The standard InChI is InChI=1S/C24H29NO2/c26-23-15-16-25-24(23,17-19-7-3-1-4-8-19)18-27-22-13-11-21(12-14-22)20-9-5-2-6-10-20/h1-10,21-22,25H,11-18H2/t21-,22+,24?/i/hD. The predicted octanol–water partition coefficient (Wildman–Crippen LogP) is 4.27. The molecule has 2 aromatic carbocycles. The van der Waals surface area contributed by atoms with Crippen molar-refractivity contribution in [3.05, 3.63) is 71.8 Å². The topological polar surface area (TPSA) is 38.3 Å². The molecule has 1 aliphatic heterocycles. The van der Waals surface area contributed by atoms with Gasteiger partial charge in [0, 0.05) is 13.0 Å². The first kappa shape index (κ1) is 17.2. The van der Waals surface area contributed by atoms with Crippen LogP contribution in [0.2, 0.25) is 1.41 Å². The SMILES string of the molecule is [2H]N1CCC(=O)C1(CO[C@H]1CC[C@@H](c2ccccc2)CC1)Cc1ccccc1. The van der Waals surface area contributed by atoms with Crippen molar-refractivity contribution in [1.82, 2.24) is 5.31 Å². The van der Waals surface area contributed by atoms with Gasteiger partial charge in [-0.15, -0.1) is 0 Å². The second kappa shape index (κ2) is 8.37. The van der Waals surface area contributed by atoms with E-state index in [1.54, 1.807) is 0 Å². The van der Waals surface area contributed by atoms with Crippen molar-refractivity contribution < 1.29 is 10.9 Å². The van der Waals surface area contributed by atoms with E-state index in [0.717, 1.165) is 31.2 Å². The number of ether oxygens (including phenoxy) is 1. The van der Waals surface area contributed by atoms with Gasteiger partial charge in [0.2, 0.25) is 0 Å². The van der Waals surface area contributed by atoms with E-state index in [-0.39, 0.29) is 11.9 Å². The number of ketones is 1. The third-order valence-corrected chi connectivity index (χ3v) is 6.11. The molecule has 1 atom stereocenters. The van der Waals surface area contributed by atoms with Crippen LogP contribution in [0, 0.1) is 0 Å². The Morgan fingerprint density at radius 2 is 1.67 bits per heavy atom. The van der Waals surface area contributed by atoms with E-state index in [1.165, 1.54) is 10.9 Å². The number of hydrogen-bond acceptors (Lipinski definition) is 3. The molecule has 27 heavy (non-hydrogen) atoms. The minimum absolute atomic E-state index is 0.143. The lowest BCUT2D eigenvalue weighted by atomic mass is 9.82. The first-order valence-electron chi connectivity index (χ1n) is 10.6. The van der Waals surface area contributed by atoms with Crippen molar-refractivity contribution in [1.29, 1.82) is 0 Å². The van der Waals surface area contributed by atoms with Gasteiger partial charge in [0.05, 0.1) is 12.7 Å². The zero-order chi connectivity index (χ0) is 19.4. The molecule has 1 saturated carbocycles. The maximum absolute atomic E-state index is 12.8. The number of carbonyl (C=O) groups excluding carboxylic acids is 1. The van der Waals surface area contributed by atoms with Gasteiger partial charge in [0.1, 0.15) is 6.95 Å². The van der Waals surface area contributed by atoms with Gasteiger partial charge in [0.15, 0.2) is 5.78 Å². The Bertz CT molecular complexity index is 774. The second-order valence-corrected chi connectivity index (χ2v) is 7.94. The van der Waals surface area contributed by atoms with Crippen molar-refractivity contribution in [2.24, 2.45) is 0 Å². The van der Waals surface area contributed by atoms with E-state index in [0.29, 0.717) is 31.9 Å². The molecule has 1 heterocycles. The van der Waals surface area contributed by atoms with Gasteiger partial charge in [-0.1, -0.05) is 60.7 Å². The van der Waals surface area contributed by atoms with Crippen LogP contribution in [0.15, 0.2) is 60.7 Å². The Balaban J connectivity index is 1.38. The van der Waals surface area contributed by atoms with Gasteiger partial charge in [0.25, 0.3) is 0 Å². The average molecular weight is 365 g/mol. The summed E-state index contributed by atoms with van der Waals surface area (Å²) in [7, 11) is 0. The molecule has 2 fully saturated rings. The summed E-state index contributed by atoms with van der Waals surface area (Å²) in [5.41, 5.74) is 1.67. The predicted molar refractivity (Wildman–Crippen MR) is 108 cm³/mol. The maximum Gasteiger partial charge on any atom is 0.156 e. The summed E-state index contributed by atoms with van der Waals surface area (Å²) in [5.74, 6) is 0.754. The van der Waals surface area contributed by atoms with Crippen LogP contribution in [0.4, 0.5) is 0 Å². The third-order valence-electron chi connectivity index (χ3n) is 6.11. The molecule has 0 radical (unpaired) electrons. The summed E-state index contributed by atoms with van der Waals surface area (Å²) in [5, 5.41) is 1.47. The zero-order valence-corrected chi connectivity index (χ0v) is 15.8. The summed E-state index contributed by atoms with van der Waals surface area (Å²) < 4.78 is 14.7. The summed E-state index contributed by atoms with van der Waals surface area (Å²) in [4.78, 5) is 12.8. The molecule has 0 aromatic heterocycles. The summed E-state index contributed by atoms with van der Waals surface area (Å²) in [6.07, 6.45) is 5.48. The van der Waals surface area contributed by atoms with Crippen LogP contribution >= 0.6 is 0 Å². The van der Waals surface area contributed by atoms with E-state index >= 15 is 0 Å². The van der Waals surface area contributed by atoms with Gasteiger partial charge in [-0.05, 0) is 49.1 Å². The average Bonchev–Trinajstić information content (AvgIpc) is 3.02. The van der Waals surface area contributed by atoms with Crippen molar-refractivity contribution in [2.45, 2.75) is 56.1 Å². The quantitative estimate of drug-likeness (QED) is 0.832. The molecule has 2 aliphatic rings. The number of benzene rings is 2. The highest BCUT2D eigenvalue weighted by molar-refractivity contribution is 5.91. The van der Waals surface area contributed by atoms with Crippen LogP contribution in [0.25, 0.3) is 0 Å². The minimum Gasteiger partial charge on any atom is -0.376 e. The molecular formula is C24H29NO2. The molecule has 1 aliphatic carbocycles. The molecule has 3 nitrogen and oxygen atoms in total. The number of Topliss-reactive ketones (excluding diaryl/α,β-unsaturated/α-hetero) is 1. The molecule has 3 heteroatoms. The molecule has 1 unspecified atom stereocenters. The van der Waals surface area contributed by atoms with Crippen LogP contribution in [-0.4, -0.2) is 30.6 Å². The largest absolute Gasteiger partial charge is 0.376 e. The maximum atomic E-state index is 12.8. The monoisotopic (exact) mass is 364 g/mol.